The Kier molecular flexibility index (Phi) is 10.4. The Morgan fingerprint density at radius 3 is 1.91 bits per heavy atom. The first-order valence-electron chi connectivity index (χ1n) is 10.2. The fourth-order valence-electron chi connectivity index (χ4n) is 2.97. The number of halogens is 13. The van der Waals surface area contributed by atoms with E-state index in [0.717, 1.165) is 12.8 Å². The van der Waals surface area contributed by atoms with E-state index < -0.39 is 62.6 Å². The van der Waals surface area contributed by atoms with Gasteiger partial charge in [0.1, 0.15) is 0 Å². The standard InChI is InChI=1S/C19H23F13O2Si/c1-35(2,10-6-5-9-34-11-7-3-4-8-33-11)15(24)17(27,28)19(31,32)18(29,30)16(25,26)13(21)12(20)14(22)23/h11-15H,3-5,7-9H2,1-2H3. The Labute approximate surface area is 193 Å². The van der Waals surface area contributed by atoms with Gasteiger partial charge in [0.25, 0.3) is 6.43 Å². The second-order valence-electron chi connectivity index (χ2n) is 8.38. The van der Waals surface area contributed by atoms with Gasteiger partial charge >= 0.3 is 23.7 Å². The van der Waals surface area contributed by atoms with Gasteiger partial charge in [0.15, 0.2) is 26.3 Å². The molecule has 1 rings (SSSR count). The van der Waals surface area contributed by atoms with Gasteiger partial charge in [-0.05, 0) is 19.3 Å². The van der Waals surface area contributed by atoms with Crippen molar-refractivity contribution in [3.05, 3.63) is 0 Å². The van der Waals surface area contributed by atoms with Crippen LogP contribution in [0.2, 0.25) is 13.1 Å². The normalized spacial score (nSPS) is 21.3. The number of hydrogen-bond donors (Lipinski definition) is 0. The lowest BCUT2D eigenvalue weighted by molar-refractivity contribution is -0.383. The van der Waals surface area contributed by atoms with E-state index in [1.807, 2.05) is 5.54 Å². The first-order valence-corrected chi connectivity index (χ1v) is 13.3. The highest BCUT2D eigenvalue weighted by Gasteiger charge is 2.85. The van der Waals surface area contributed by atoms with Crippen molar-refractivity contribution < 1.29 is 66.5 Å². The second-order valence-corrected chi connectivity index (χ2v) is 12.6. The maximum absolute atomic E-state index is 14.5. The van der Waals surface area contributed by atoms with E-state index in [1.165, 1.54) is 0 Å². The van der Waals surface area contributed by atoms with Crippen molar-refractivity contribution in [3.8, 4) is 11.5 Å². The van der Waals surface area contributed by atoms with Gasteiger partial charge in [-0.25, -0.2) is 22.0 Å². The van der Waals surface area contributed by atoms with Crippen molar-refractivity contribution in [1.82, 2.24) is 0 Å². The summed E-state index contributed by atoms with van der Waals surface area (Å²) in [5.74, 6) is -30.4. The minimum Gasteiger partial charge on any atom is -0.353 e. The highest BCUT2D eigenvalue weighted by Crippen LogP contribution is 2.56. The van der Waals surface area contributed by atoms with Crippen LogP contribution in [0.15, 0.2) is 0 Å². The molecule has 0 aromatic rings. The minimum atomic E-state index is -7.46. The van der Waals surface area contributed by atoms with E-state index >= 15 is 0 Å². The Morgan fingerprint density at radius 1 is 0.886 bits per heavy atom. The van der Waals surface area contributed by atoms with Gasteiger partial charge in [-0.2, -0.15) is 35.1 Å². The zero-order chi connectivity index (χ0) is 27.5. The van der Waals surface area contributed by atoms with Gasteiger partial charge in [-0.3, -0.25) is 0 Å². The summed E-state index contributed by atoms with van der Waals surface area (Å²) in [6, 6.07) is 0. The molecule has 0 radical (unpaired) electrons. The summed E-state index contributed by atoms with van der Waals surface area (Å²) >= 11 is 0. The van der Waals surface area contributed by atoms with Crippen molar-refractivity contribution in [2.75, 3.05) is 13.2 Å². The smallest absolute Gasteiger partial charge is 0.353 e. The van der Waals surface area contributed by atoms with E-state index in [2.05, 4.69) is 5.92 Å². The Bertz CT molecular complexity index is 745. The van der Waals surface area contributed by atoms with Crippen LogP contribution in [0.1, 0.15) is 25.7 Å². The molecule has 0 saturated carbocycles. The SMILES string of the molecule is C[Si](C)(C#CCCOC1CCCCO1)C(F)C(F)(F)C(F)(F)C(F)(F)C(F)(F)C(F)C(F)C(F)F. The lowest BCUT2D eigenvalue weighted by Gasteiger charge is -2.40. The Morgan fingerprint density at radius 2 is 1.43 bits per heavy atom. The molecule has 1 fully saturated rings. The van der Waals surface area contributed by atoms with Crippen molar-refractivity contribution in [2.24, 2.45) is 0 Å². The average molecular weight is 558 g/mol. The van der Waals surface area contributed by atoms with Crippen LogP contribution < -0.4 is 0 Å². The number of alkyl halides is 13. The topological polar surface area (TPSA) is 18.5 Å². The molecule has 0 aromatic heterocycles. The number of hydrogen-bond acceptors (Lipinski definition) is 2. The van der Waals surface area contributed by atoms with Crippen molar-refractivity contribution >= 4 is 8.07 Å². The highest BCUT2D eigenvalue weighted by atomic mass is 28.3. The molecule has 1 heterocycles. The van der Waals surface area contributed by atoms with Crippen molar-refractivity contribution in [3.63, 3.8) is 0 Å². The third kappa shape index (κ3) is 6.57. The van der Waals surface area contributed by atoms with Crippen LogP contribution in [0.25, 0.3) is 0 Å². The monoisotopic (exact) mass is 558 g/mol. The maximum Gasteiger partial charge on any atom is 0.381 e. The third-order valence-electron chi connectivity index (χ3n) is 5.13. The van der Waals surface area contributed by atoms with Crippen LogP contribution in [0, 0.1) is 11.5 Å². The van der Waals surface area contributed by atoms with Crippen LogP contribution in [0.4, 0.5) is 57.1 Å². The molecule has 4 unspecified atom stereocenters. The molecule has 1 saturated heterocycles. The maximum atomic E-state index is 14.5. The van der Waals surface area contributed by atoms with Crippen LogP contribution in [0.3, 0.4) is 0 Å². The summed E-state index contributed by atoms with van der Waals surface area (Å²) in [6.45, 7) is 1.53. The number of ether oxygens (including phenoxy) is 2. The zero-order valence-corrected chi connectivity index (χ0v) is 19.4. The fraction of sp³-hybridized carbons (Fsp3) is 0.895. The lowest BCUT2D eigenvalue weighted by Crippen LogP contribution is -2.70. The van der Waals surface area contributed by atoms with Crippen LogP contribution in [-0.2, 0) is 9.47 Å². The molecule has 0 aliphatic carbocycles. The highest BCUT2D eigenvalue weighted by molar-refractivity contribution is 6.86. The molecular weight excluding hydrogens is 535 g/mol. The van der Waals surface area contributed by atoms with Gasteiger partial charge in [0.05, 0.1) is 6.61 Å². The molecular formula is C19H23F13O2Si. The van der Waals surface area contributed by atoms with E-state index in [-0.39, 0.29) is 13.0 Å². The second kappa shape index (κ2) is 11.5. The molecule has 4 atom stereocenters. The van der Waals surface area contributed by atoms with Gasteiger partial charge in [-0.15, -0.1) is 11.5 Å². The molecule has 0 amide bonds. The molecule has 0 spiro atoms. The first kappa shape index (κ1) is 31.8. The predicted molar refractivity (Wildman–Crippen MR) is 99.9 cm³/mol. The summed E-state index contributed by atoms with van der Waals surface area (Å²) < 4.78 is 186. The molecule has 0 N–H and O–H groups in total. The molecule has 0 aromatic carbocycles. The molecule has 35 heavy (non-hydrogen) atoms. The van der Waals surface area contributed by atoms with E-state index in [9.17, 15) is 57.1 Å². The van der Waals surface area contributed by atoms with Crippen LogP contribution in [-0.4, -0.2) is 75.8 Å². The lowest BCUT2D eigenvalue weighted by atomic mass is 9.94. The van der Waals surface area contributed by atoms with E-state index in [1.54, 1.807) is 0 Å². The largest absolute Gasteiger partial charge is 0.381 e. The van der Waals surface area contributed by atoms with Gasteiger partial charge in [-0.1, -0.05) is 13.1 Å². The summed E-state index contributed by atoms with van der Waals surface area (Å²) in [5, 5.41) is 0. The Balaban J connectivity index is 3.04. The summed E-state index contributed by atoms with van der Waals surface area (Å²) in [7, 11) is -4.56. The molecule has 16 heteroatoms. The molecule has 1 aliphatic heterocycles. The predicted octanol–water partition coefficient (Wildman–Crippen LogP) is 6.53. The summed E-state index contributed by atoms with van der Waals surface area (Å²) in [5.41, 5.74) is 1.93. The zero-order valence-electron chi connectivity index (χ0n) is 18.4. The van der Waals surface area contributed by atoms with E-state index in [4.69, 9.17) is 9.47 Å². The van der Waals surface area contributed by atoms with Gasteiger partial charge in [0, 0.05) is 13.0 Å². The van der Waals surface area contributed by atoms with Gasteiger partial charge in [0.2, 0.25) is 6.17 Å². The van der Waals surface area contributed by atoms with Crippen LogP contribution >= 0.6 is 0 Å². The molecule has 2 nitrogen and oxygen atoms in total. The summed E-state index contributed by atoms with van der Waals surface area (Å²) in [4.78, 5) is 0. The Hall–Kier alpha value is -1.21. The quantitative estimate of drug-likeness (QED) is 0.124. The minimum absolute atomic E-state index is 0.137. The van der Waals surface area contributed by atoms with Crippen molar-refractivity contribution in [1.29, 1.82) is 0 Å². The van der Waals surface area contributed by atoms with Crippen LogP contribution in [0.5, 0.6) is 0 Å². The third-order valence-corrected chi connectivity index (χ3v) is 7.58. The van der Waals surface area contributed by atoms with Gasteiger partial charge < -0.3 is 9.47 Å². The first-order chi connectivity index (χ1) is 15.7. The van der Waals surface area contributed by atoms with Crippen molar-refractivity contribution in [2.45, 2.75) is 93.3 Å². The molecule has 0 bridgehead atoms. The van der Waals surface area contributed by atoms with E-state index in [0.29, 0.717) is 26.1 Å². The number of rotatable bonds is 11. The summed E-state index contributed by atoms with van der Waals surface area (Å²) in [6.07, 6.45) is -13.3. The molecule has 206 valence electrons. The average Bonchev–Trinajstić information content (AvgIpc) is 2.77. The fourth-order valence-corrected chi connectivity index (χ4v) is 4.76. The molecule has 1 aliphatic rings.